The second-order valence-corrected chi connectivity index (χ2v) is 6.26. The molecule has 3 aliphatic rings. The lowest BCUT2D eigenvalue weighted by Crippen LogP contribution is -2.51. The van der Waals surface area contributed by atoms with Crippen molar-refractivity contribution in [2.24, 2.45) is 0 Å². The van der Waals surface area contributed by atoms with Crippen LogP contribution in [0.4, 0.5) is 21.9 Å². The van der Waals surface area contributed by atoms with Crippen LogP contribution in [0, 0.1) is 0 Å². The van der Waals surface area contributed by atoms with Gasteiger partial charge in [-0.05, 0) is 18.2 Å². The summed E-state index contributed by atoms with van der Waals surface area (Å²) in [6.45, 7) is 2.84. The number of urea groups is 1. The molecule has 1 unspecified atom stereocenters. The average molecular weight is 329 g/mol. The van der Waals surface area contributed by atoms with Crippen LogP contribution in [0.2, 0.25) is 0 Å². The highest BCUT2D eigenvalue weighted by atomic mass is 16.2. The molecule has 4 amide bonds. The largest absolute Gasteiger partial charge is 0.364 e. The lowest BCUT2D eigenvalue weighted by molar-refractivity contribution is -0.120. The van der Waals surface area contributed by atoms with Gasteiger partial charge in [-0.2, -0.15) is 0 Å². The number of hydrogen-bond donors (Lipinski definition) is 3. The van der Waals surface area contributed by atoms with E-state index in [2.05, 4.69) is 20.9 Å². The monoisotopic (exact) mass is 329 g/mol. The molecule has 3 aliphatic heterocycles. The molecule has 126 valence electrons. The third kappa shape index (κ3) is 2.58. The molecule has 1 aromatic carbocycles. The van der Waals surface area contributed by atoms with E-state index >= 15 is 0 Å². The van der Waals surface area contributed by atoms with Crippen molar-refractivity contribution in [2.75, 3.05) is 41.3 Å². The fraction of sp³-hybridized carbons (Fsp3) is 0.438. The quantitative estimate of drug-likeness (QED) is 0.687. The van der Waals surface area contributed by atoms with Gasteiger partial charge < -0.3 is 15.5 Å². The Kier molecular flexibility index (Phi) is 3.61. The van der Waals surface area contributed by atoms with Crippen LogP contribution in [0.5, 0.6) is 0 Å². The maximum absolute atomic E-state index is 12.2. The molecule has 3 heterocycles. The number of benzene rings is 1. The van der Waals surface area contributed by atoms with Gasteiger partial charge in [0.25, 0.3) is 0 Å². The van der Waals surface area contributed by atoms with Crippen LogP contribution in [0.25, 0.3) is 0 Å². The second-order valence-electron chi connectivity index (χ2n) is 6.26. The number of piperazine rings is 1. The second kappa shape index (κ2) is 5.79. The van der Waals surface area contributed by atoms with Gasteiger partial charge in [-0.15, -0.1) is 0 Å². The van der Waals surface area contributed by atoms with E-state index in [1.165, 1.54) is 4.90 Å². The Balaban J connectivity index is 1.68. The van der Waals surface area contributed by atoms with Gasteiger partial charge in [-0.1, -0.05) is 0 Å². The van der Waals surface area contributed by atoms with Crippen LogP contribution in [0.15, 0.2) is 18.2 Å². The number of nitrogens with one attached hydrogen (secondary N) is 3. The van der Waals surface area contributed by atoms with Gasteiger partial charge in [-0.25, -0.2) is 4.79 Å². The molecule has 1 aromatic rings. The summed E-state index contributed by atoms with van der Waals surface area (Å²) in [5.74, 6) is -0.286. The van der Waals surface area contributed by atoms with Gasteiger partial charge in [0.05, 0.1) is 17.4 Å². The van der Waals surface area contributed by atoms with Gasteiger partial charge in [0.2, 0.25) is 11.8 Å². The minimum Gasteiger partial charge on any atom is -0.364 e. The zero-order valence-corrected chi connectivity index (χ0v) is 13.2. The molecule has 8 nitrogen and oxygen atoms in total. The Bertz CT molecular complexity index is 720. The third-order valence-corrected chi connectivity index (χ3v) is 4.70. The van der Waals surface area contributed by atoms with Crippen LogP contribution >= 0.6 is 0 Å². The minimum atomic E-state index is -0.425. The van der Waals surface area contributed by atoms with Crippen molar-refractivity contribution >= 4 is 34.9 Å². The Morgan fingerprint density at radius 2 is 1.92 bits per heavy atom. The number of carbonyl (C=O) groups is 3. The summed E-state index contributed by atoms with van der Waals surface area (Å²) in [5.41, 5.74) is 2.36. The maximum atomic E-state index is 12.2. The molecule has 24 heavy (non-hydrogen) atoms. The summed E-state index contributed by atoms with van der Waals surface area (Å²) in [4.78, 5) is 39.3. The highest BCUT2D eigenvalue weighted by Gasteiger charge is 2.31. The number of rotatable bonds is 1. The molecule has 0 spiro atoms. The third-order valence-electron chi connectivity index (χ3n) is 4.70. The van der Waals surface area contributed by atoms with Crippen LogP contribution in [0.1, 0.15) is 12.8 Å². The van der Waals surface area contributed by atoms with Crippen LogP contribution in [0.3, 0.4) is 0 Å². The van der Waals surface area contributed by atoms with E-state index in [0.717, 1.165) is 25.3 Å². The van der Waals surface area contributed by atoms with Crippen molar-refractivity contribution in [3.63, 3.8) is 0 Å². The SMILES string of the molecule is O=C1CCN(c2ccc3c(c2)NC(=O)CC2CNCCN32)C(=O)N1. The van der Waals surface area contributed by atoms with E-state index in [-0.39, 0.29) is 24.3 Å². The predicted molar refractivity (Wildman–Crippen MR) is 89.2 cm³/mol. The summed E-state index contributed by atoms with van der Waals surface area (Å²) in [6.07, 6.45) is 0.713. The molecule has 0 radical (unpaired) electrons. The van der Waals surface area contributed by atoms with Crippen molar-refractivity contribution in [2.45, 2.75) is 18.9 Å². The van der Waals surface area contributed by atoms with E-state index in [0.29, 0.717) is 24.3 Å². The van der Waals surface area contributed by atoms with Gasteiger partial charge in [0.1, 0.15) is 0 Å². The topological polar surface area (TPSA) is 93.8 Å². The predicted octanol–water partition coefficient (Wildman–Crippen LogP) is 0.253. The van der Waals surface area contributed by atoms with Crippen LogP contribution in [-0.2, 0) is 9.59 Å². The van der Waals surface area contributed by atoms with E-state index in [1.54, 1.807) is 0 Å². The molecule has 0 aliphatic carbocycles. The molecular formula is C16H19N5O3. The number of amides is 4. The Labute approximate surface area is 139 Å². The number of imide groups is 1. The minimum absolute atomic E-state index is 0.0251. The van der Waals surface area contributed by atoms with Crippen molar-refractivity contribution in [3.8, 4) is 0 Å². The molecule has 4 rings (SSSR count). The van der Waals surface area contributed by atoms with Gasteiger partial charge in [0.15, 0.2) is 0 Å². The fourth-order valence-electron chi connectivity index (χ4n) is 3.53. The van der Waals surface area contributed by atoms with Crippen molar-refractivity contribution in [3.05, 3.63) is 18.2 Å². The highest BCUT2D eigenvalue weighted by molar-refractivity contribution is 6.06. The van der Waals surface area contributed by atoms with Crippen molar-refractivity contribution < 1.29 is 14.4 Å². The maximum Gasteiger partial charge on any atom is 0.328 e. The Morgan fingerprint density at radius 3 is 2.75 bits per heavy atom. The molecule has 0 bridgehead atoms. The van der Waals surface area contributed by atoms with Gasteiger partial charge in [-0.3, -0.25) is 19.8 Å². The number of hydrogen-bond acceptors (Lipinski definition) is 5. The summed E-state index contributed by atoms with van der Waals surface area (Å²) >= 11 is 0. The first kappa shape index (κ1) is 14.9. The number of carbonyl (C=O) groups excluding carboxylic acids is 3. The first-order chi connectivity index (χ1) is 11.6. The van der Waals surface area contributed by atoms with Crippen molar-refractivity contribution in [1.29, 1.82) is 0 Å². The molecule has 8 heteroatoms. The van der Waals surface area contributed by atoms with E-state index in [1.807, 2.05) is 18.2 Å². The molecule has 1 atom stereocenters. The molecular weight excluding hydrogens is 310 g/mol. The smallest absolute Gasteiger partial charge is 0.328 e. The highest BCUT2D eigenvalue weighted by Crippen LogP contribution is 2.35. The Hall–Kier alpha value is -2.61. The molecule has 3 N–H and O–H groups in total. The average Bonchev–Trinajstić information content (AvgIpc) is 2.69. The number of fused-ring (bicyclic) bond motifs is 3. The molecule has 2 saturated heterocycles. The lowest BCUT2D eigenvalue weighted by atomic mass is 10.1. The van der Waals surface area contributed by atoms with Crippen LogP contribution in [-0.4, -0.2) is 50.1 Å². The van der Waals surface area contributed by atoms with Gasteiger partial charge in [0, 0.05) is 44.7 Å². The summed E-state index contributed by atoms with van der Waals surface area (Å²) in [6, 6.07) is 5.34. The van der Waals surface area contributed by atoms with Crippen molar-refractivity contribution in [1.82, 2.24) is 10.6 Å². The molecule has 0 saturated carbocycles. The normalized spacial score (nSPS) is 23.8. The summed E-state index contributed by atoms with van der Waals surface area (Å²) < 4.78 is 0. The van der Waals surface area contributed by atoms with E-state index < -0.39 is 6.03 Å². The first-order valence-electron chi connectivity index (χ1n) is 8.14. The Morgan fingerprint density at radius 1 is 1.04 bits per heavy atom. The van der Waals surface area contributed by atoms with E-state index in [9.17, 15) is 14.4 Å². The zero-order valence-electron chi connectivity index (χ0n) is 13.2. The standard InChI is InChI=1S/C16H19N5O3/c22-14-3-5-21(16(24)19-14)10-1-2-13-12(7-10)18-15(23)8-11-9-17-4-6-20(11)13/h1-2,7,11,17H,3-6,8-9H2,(H,18,23)(H,19,22,24). The fourth-order valence-corrected chi connectivity index (χ4v) is 3.53. The number of anilines is 3. The van der Waals surface area contributed by atoms with E-state index in [4.69, 9.17) is 0 Å². The molecule has 2 fully saturated rings. The number of nitrogens with zero attached hydrogens (tertiary/aromatic N) is 2. The lowest BCUT2D eigenvalue weighted by Gasteiger charge is -2.37. The molecule has 0 aromatic heterocycles. The van der Waals surface area contributed by atoms with Crippen LogP contribution < -0.4 is 25.8 Å². The summed E-state index contributed by atoms with van der Waals surface area (Å²) in [5, 5.41) is 8.59. The first-order valence-corrected chi connectivity index (χ1v) is 8.14. The van der Waals surface area contributed by atoms with Gasteiger partial charge >= 0.3 is 6.03 Å². The summed E-state index contributed by atoms with van der Waals surface area (Å²) in [7, 11) is 0. The zero-order chi connectivity index (χ0) is 16.7.